The van der Waals surface area contributed by atoms with Crippen molar-refractivity contribution in [3.63, 3.8) is 0 Å². The second kappa shape index (κ2) is 5.19. The standard InChI is InChI=1S/C12H13ClN2O2S/c13-11-5-4-10(3-1-6-14)9-12(11)15-7-2-8-18(15,16)17/h4-5,9H,2,6-8,14H2. The van der Waals surface area contributed by atoms with Gasteiger partial charge in [0.25, 0.3) is 0 Å². The molecule has 0 aliphatic carbocycles. The highest BCUT2D eigenvalue weighted by molar-refractivity contribution is 7.93. The Bertz CT molecular complexity index is 617. The van der Waals surface area contributed by atoms with Crippen LogP contribution in [0.1, 0.15) is 12.0 Å². The van der Waals surface area contributed by atoms with Crippen LogP contribution in [0.2, 0.25) is 5.02 Å². The minimum Gasteiger partial charge on any atom is -0.320 e. The average Bonchev–Trinajstić information content (AvgIpc) is 2.68. The zero-order chi connectivity index (χ0) is 13.2. The maximum Gasteiger partial charge on any atom is 0.235 e. The van der Waals surface area contributed by atoms with E-state index in [2.05, 4.69) is 11.8 Å². The molecule has 0 aromatic heterocycles. The van der Waals surface area contributed by atoms with Gasteiger partial charge in [-0.2, -0.15) is 0 Å². The maximum atomic E-state index is 11.9. The number of nitrogens with zero attached hydrogens (tertiary/aromatic N) is 1. The summed E-state index contributed by atoms with van der Waals surface area (Å²) in [4.78, 5) is 0. The van der Waals surface area contributed by atoms with Crippen molar-refractivity contribution < 1.29 is 8.42 Å². The maximum absolute atomic E-state index is 11.9. The summed E-state index contributed by atoms with van der Waals surface area (Å²) in [7, 11) is -3.22. The zero-order valence-corrected chi connectivity index (χ0v) is 11.3. The van der Waals surface area contributed by atoms with Gasteiger partial charge >= 0.3 is 0 Å². The fourth-order valence-corrected chi connectivity index (χ4v) is 3.69. The van der Waals surface area contributed by atoms with E-state index >= 15 is 0 Å². The lowest BCUT2D eigenvalue weighted by Gasteiger charge is -2.18. The number of sulfonamides is 1. The van der Waals surface area contributed by atoms with Crippen molar-refractivity contribution in [2.75, 3.05) is 23.1 Å². The third-order valence-electron chi connectivity index (χ3n) is 2.65. The van der Waals surface area contributed by atoms with Crippen molar-refractivity contribution in [2.45, 2.75) is 6.42 Å². The molecule has 2 rings (SSSR count). The van der Waals surface area contributed by atoms with E-state index < -0.39 is 10.0 Å². The first-order valence-corrected chi connectivity index (χ1v) is 7.52. The molecule has 0 saturated carbocycles. The van der Waals surface area contributed by atoms with Gasteiger partial charge in [-0.25, -0.2) is 8.42 Å². The largest absolute Gasteiger partial charge is 0.320 e. The summed E-state index contributed by atoms with van der Waals surface area (Å²) >= 11 is 6.06. The first-order chi connectivity index (χ1) is 8.54. The average molecular weight is 285 g/mol. The van der Waals surface area contributed by atoms with Crippen LogP contribution in [0.4, 0.5) is 5.69 Å². The number of hydrogen-bond donors (Lipinski definition) is 1. The molecular weight excluding hydrogens is 272 g/mol. The van der Waals surface area contributed by atoms with E-state index in [0.29, 0.717) is 29.2 Å². The molecule has 0 atom stereocenters. The lowest BCUT2D eigenvalue weighted by Crippen LogP contribution is -2.25. The minimum absolute atomic E-state index is 0.169. The van der Waals surface area contributed by atoms with Crippen LogP contribution >= 0.6 is 11.6 Å². The predicted octanol–water partition coefficient (Wildman–Crippen LogP) is 1.19. The lowest BCUT2D eigenvalue weighted by atomic mass is 10.2. The van der Waals surface area contributed by atoms with E-state index in [9.17, 15) is 8.42 Å². The van der Waals surface area contributed by atoms with Crippen molar-refractivity contribution in [3.05, 3.63) is 28.8 Å². The van der Waals surface area contributed by atoms with Gasteiger partial charge in [0.15, 0.2) is 0 Å². The molecule has 1 saturated heterocycles. The van der Waals surface area contributed by atoms with Crippen molar-refractivity contribution in [2.24, 2.45) is 5.73 Å². The van der Waals surface area contributed by atoms with Crippen LogP contribution in [0.15, 0.2) is 18.2 Å². The van der Waals surface area contributed by atoms with Crippen LogP contribution < -0.4 is 10.0 Å². The zero-order valence-electron chi connectivity index (χ0n) is 9.69. The Labute approximate surface area is 112 Å². The van der Waals surface area contributed by atoms with Crippen LogP contribution in [0.25, 0.3) is 0 Å². The molecule has 1 aromatic carbocycles. The molecule has 96 valence electrons. The Hall–Kier alpha value is -1.22. The number of halogens is 1. The van der Waals surface area contributed by atoms with Crippen molar-refractivity contribution in [1.82, 2.24) is 0 Å². The van der Waals surface area contributed by atoms with Crippen LogP contribution in [0, 0.1) is 11.8 Å². The van der Waals surface area contributed by atoms with Crippen molar-refractivity contribution in [1.29, 1.82) is 0 Å². The summed E-state index contributed by atoms with van der Waals surface area (Å²) in [5.74, 6) is 5.77. The van der Waals surface area contributed by atoms with Gasteiger partial charge in [0.2, 0.25) is 10.0 Å². The Morgan fingerprint density at radius 2 is 2.22 bits per heavy atom. The Morgan fingerprint density at radius 1 is 1.44 bits per heavy atom. The molecule has 1 heterocycles. The molecule has 0 spiro atoms. The third-order valence-corrected chi connectivity index (χ3v) is 4.82. The van der Waals surface area contributed by atoms with Crippen molar-refractivity contribution in [3.8, 4) is 11.8 Å². The number of hydrogen-bond acceptors (Lipinski definition) is 3. The van der Waals surface area contributed by atoms with Gasteiger partial charge in [-0.05, 0) is 24.6 Å². The molecule has 0 radical (unpaired) electrons. The Balaban J connectivity index is 2.44. The fraction of sp³-hybridized carbons (Fsp3) is 0.333. The quantitative estimate of drug-likeness (QED) is 0.788. The summed E-state index contributed by atoms with van der Waals surface area (Å²) in [5, 5.41) is 0.416. The highest BCUT2D eigenvalue weighted by atomic mass is 35.5. The summed E-state index contributed by atoms with van der Waals surface area (Å²) in [6, 6.07) is 5.09. The number of anilines is 1. The lowest BCUT2D eigenvalue weighted by molar-refractivity contribution is 0.599. The van der Waals surface area contributed by atoms with E-state index in [1.165, 1.54) is 4.31 Å². The fourth-order valence-electron chi connectivity index (χ4n) is 1.84. The monoisotopic (exact) mass is 284 g/mol. The van der Waals surface area contributed by atoms with Gasteiger partial charge in [0.05, 0.1) is 23.0 Å². The highest BCUT2D eigenvalue weighted by Crippen LogP contribution is 2.31. The molecule has 0 bridgehead atoms. The molecule has 0 unspecified atom stereocenters. The second-order valence-electron chi connectivity index (χ2n) is 3.91. The van der Waals surface area contributed by atoms with Gasteiger partial charge in [0.1, 0.15) is 0 Å². The molecule has 4 nitrogen and oxygen atoms in total. The molecule has 1 aliphatic rings. The summed E-state index contributed by atoms with van der Waals surface area (Å²) < 4.78 is 25.1. The molecule has 6 heteroatoms. The molecule has 2 N–H and O–H groups in total. The smallest absolute Gasteiger partial charge is 0.235 e. The third kappa shape index (κ3) is 2.61. The van der Waals surface area contributed by atoms with Gasteiger partial charge < -0.3 is 5.73 Å². The van der Waals surface area contributed by atoms with Gasteiger partial charge in [-0.1, -0.05) is 23.4 Å². The number of benzene rings is 1. The van der Waals surface area contributed by atoms with E-state index in [-0.39, 0.29) is 12.3 Å². The highest BCUT2D eigenvalue weighted by Gasteiger charge is 2.29. The molecule has 1 aromatic rings. The Kier molecular flexibility index (Phi) is 3.81. The Morgan fingerprint density at radius 3 is 2.83 bits per heavy atom. The molecular formula is C12H13ClN2O2S. The van der Waals surface area contributed by atoms with E-state index in [4.69, 9.17) is 17.3 Å². The topological polar surface area (TPSA) is 63.4 Å². The van der Waals surface area contributed by atoms with E-state index in [1.54, 1.807) is 18.2 Å². The van der Waals surface area contributed by atoms with Crippen LogP contribution in [0.5, 0.6) is 0 Å². The number of nitrogens with two attached hydrogens (primary N) is 1. The van der Waals surface area contributed by atoms with Gasteiger partial charge in [0, 0.05) is 12.1 Å². The minimum atomic E-state index is -3.22. The van der Waals surface area contributed by atoms with E-state index in [0.717, 1.165) is 0 Å². The van der Waals surface area contributed by atoms with E-state index in [1.807, 2.05) is 0 Å². The SMILES string of the molecule is NCC#Cc1ccc(Cl)c(N2CCCS2(=O)=O)c1. The summed E-state index contributed by atoms with van der Waals surface area (Å²) in [5.41, 5.74) is 6.51. The molecule has 1 aliphatic heterocycles. The molecule has 1 fully saturated rings. The van der Waals surface area contributed by atoms with Gasteiger partial charge in [-0.15, -0.1) is 0 Å². The van der Waals surface area contributed by atoms with Crippen LogP contribution in [0.3, 0.4) is 0 Å². The summed E-state index contributed by atoms with van der Waals surface area (Å²) in [6.07, 6.45) is 0.622. The van der Waals surface area contributed by atoms with Crippen LogP contribution in [-0.4, -0.2) is 27.3 Å². The van der Waals surface area contributed by atoms with Crippen LogP contribution in [-0.2, 0) is 10.0 Å². The normalized spacial score (nSPS) is 17.3. The molecule has 0 amide bonds. The number of rotatable bonds is 1. The van der Waals surface area contributed by atoms with Gasteiger partial charge in [-0.3, -0.25) is 4.31 Å². The first-order valence-electron chi connectivity index (χ1n) is 5.53. The predicted molar refractivity (Wildman–Crippen MR) is 73.1 cm³/mol. The second-order valence-corrected chi connectivity index (χ2v) is 6.33. The van der Waals surface area contributed by atoms with Crippen molar-refractivity contribution >= 4 is 27.3 Å². The summed E-state index contributed by atoms with van der Waals surface area (Å²) in [6.45, 7) is 0.732. The first kappa shape index (κ1) is 13.2. The molecule has 18 heavy (non-hydrogen) atoms.